The summed E-state index contributed by atoms with van der Waals surface area (Å²) in [4.78, 5) is 23.9. The largest absolute Gasteiger partial charge is 0.455 e. The second-order valence-electron chi connectivity index (χ2n) is 7.23. The molecule has 4 atom stereocenters. The molecule has 4 rings (SSSR count). The van der Waals surface area contributed by atoms with Gasteiger partial charge in [-0.3, -0.25) is 9.59 Å². The zero-order valence-corrected chi connectivity index (χ0v) is 13.3. The van der Waals surface area contributed by atoms with Gasteiger partial charge in [0.2, 0.25) is 0 Å². The Morgan fingerprint density at radius 2 is 1.95 bits per heavy atom. The van der Waals surface area contributed by atoms with Gasteiger partial charge >= 0.3 is 5.97 Å². The molecule has 4 bridgehead atoms. The van der Waals surface area contributed by atoms with Crippen LogP contribution in [0.1, 0.15) is 44.9 Å². The number of nitrogens with zero attached hydrogens (tertiary/aromatic N) is 1. The van der Waals surface area contributed by atoms with Crippen molar-refractivity contribution in [3.63, 3.8) is 0 Å². The first-order chi connectivity index (χ1) is 10.4. The van der Waals surface area contributed by atoms with Crippen molar-refractivity contribution in [3.05, 3.63) is 0 Å². The van der Waals surface area contributed by atoms with E-state index in [1.165, 1.54) is 6.42 Å². The number of carbonyl (C=O) groups excluding carboxylic acids is 2. The van der Waals surface area contributed by atoms with E-state index in [0.717, 1.165) is 25.7 Å². The van der Waals surface area contributed by atoms with Crippen LogP contribution in [0.5, 0.6) is 0 Å². The summed E-state index contributed by atoms with van der Waals surface area (Å²) in [6.45, 7) is 0.0175. The maximum absolute atomic E-state index is 12.6. The fourth-order valence-electron chi connectivity index (χ4n) is 4.98. The average Bonchev–Trinajstić information content (AvgIpc) is 2.42. The van der Waals surface area contributed by atoms with Crippen molar-refractivity contribution < 1.29 is 14.3 Å². The molecule has 0 aliphatic heterocycles. The maximum atomic E-state index is 12.6. The van der Waals surface area contributed by atoms with Crippen molar-refractivity contribution in [2.24, 2.45) is 17.3 Å². The minimum atomic E-state index is -0.473. The molecule has 0 saturated heterocycles. The Bertz CT molecular complexity index is 514. The first kappa shape index (κ1) is 15.6. The molecule has 4 aliphatic carbocycles. The molecular weight excluding hydrogens is 304 g/mol. The number of carbonyl (C=O) groups is 2. The highest BCUT2D eigenvalue weighted by Crippen LogP contribution is 2.64. The average molecular weight is 325 g/mol. The lowest BCUT2D eigenvalue weighted by Crippen LogP contribution is -2.56. The molecule has 120 valence electrons. The second kappa shape index (κ2) is 5.73. The summed E-state index contributed by atoms with van der Waals surface area (Å²) in [5.41, 5.74) is -0.473. The van der Waals surface area contributed by atoms with Crippen LogP contribution in [-0.4, -0.2) is 29.9 Å². The molecule has 2 unspecified atom stereocenters. The lowest BCUT2D eigenvalue weighted by molar-refractivity contribution is -0.171. The quantitative estimate of drug-likeness (QED) is 0.477. The zero-order chi connectivity index (χ0) is 15.8. The van der Waals surface area contributed by atoms with Crippen LogP contribution in [-0.2, 0) is 14.3 Å². The van der Waals surface area contributed by atoms with E-state index in [9.17, 15) is 9.59 Å². The van der Waals surface area contributed by atoms with Crippen molar-refractivity contribution in [2.45, 2.75) is 49.8 Å². The summed E-state index contributed by atoms with van der Waals surface area (Å²) < 4.78 is 5.27. The molecule has 6 heteroatoms. The van der Waals surface area contributed by atoms with E-state index in [1.54, 1.807) is 0 Å². The highest BCUT2D eigenvalue weighted by atomic mass is 35.5. The van der Waals surface area contributed by atoms with Gasteiger partial charge in [-0.15, -0.1) is 11.6 Å². The first-order valence-corrected chi connectivity index (χ1v) is 8.32. The van der Waals surface area contributed by atoms with E-state index in [4.69, 9.17) is 21.6 Å². The van der Waals surface area contributed by atoms with Crippen LogP contribution in [0.4, 0.5) is 0 Å². The van der Waals surface area contributed by atoms with Crippen molar-refractivity contribution in [1.82, 2.24) is 5.32 Å². The highest BCUT2D eigenvalue weighted by molar-refractivity contribution is 6.24. The number of halogens is 1. The van der Waals surface area contributed by atoms with E-state index < -0.39 is 5.41 Å². The van der Waals surface area contributed by atoms with E-state index in [0.29, 0.717) is 18.3 Å². The number of amides is 1. The molecule has 5 nitrogen and oxygen atoms in total. The Morgan fingerprint density at radius 3 is 2.55 bits per heavy atom. The van der Waals surface area contributed by atoms with Gasteiger partial charge in [0.1, 0.15) is 0 Å². The summed E-state index contributed by atoms with van der Waals surface area (Å²) in [5.74, 6) is 0.433. The molecule has 0 aromatic heterocycles. The second-order valence-corrected chi connectivity index (χ2v) is 8.03. The number of ether oxygens (including phenoxy) is 1. The molecule has 4 fully saturated rings. The molecule has 4 saturated carbocycles. The zero-order valence-electron chi connectivity index (χ0n) is 12.6. The summed E-state index contributed by atoms with van der Waals surface area (Å²) in [6, 6.07) is 1.94. The predicted molar refractivity (Wildman–Crippen MR) is 79.9 cm³/mol. The monoisotopic (exact) mass is 324 g/mol. The number of nitriles is 1. The van der Waals surface area contributed by atoms with Crippen LogP contribution < -0.4 is 5.32 Å². The number of alkyl halides is 1. The fraction of sp³-hybridized carbons (Fsp3) is 0.812. The van der Waals surface area contributed by atoms with Gasteiger partial charge in [0.15, 0.2) is 6.61 Å². The molecule has 0 aromatic carbocycles. The molecule has 0 radical (unpaired) electrons. The van der Waals surface area contributed by atoms with Gasteiger partial charge in [0.05, 0.1) is 17.9 Å². The van der Waals surface area contributed by atoms with Crippen molar-refractivity contribution in [2.75, 3.05) is 13.2 Å². The van der Waals surface area contributed by atoms with Crippen LogP contribution in [0.15, 0.2) is 0 Å². The number of hydrogen-bond donors (Lipinski definition) is 1. The lowest BCUT2D eigenvalue weighted by Gasteiger charge is -2.58. The maximum Gasteiger partial charge on any atom is 0.312 e. The van der Waals surface area contributed by atoms with Gasteiger partial charge in [-0.05, 0) is 50.4 Å². The first-order valence-electron chi connectivity index (χ1n) is 7.95. The minimum absolute atomic E-state index is 0.238. The summed E-state index contributed by atoms with van der Waals surface area (Å²) in [5, 5.41) is 11.0. The Labute approximate surface area is 135 Å². The minimum Gasteiger partial charge on any atom is -0.455 e. The van der Waals surface area contributed by atoms with Crippen LogP contribution in [0.3, 0.4) is 0 Å². The number of nitrogens with one attached hydrogen (secondary N) is 1. The molecular formula is C16H21ClN2O3. The van der Waals surface area contributed by atoms with Crippen LogP contribution in [0.25, 0.3) is 0 Å². The lowest BCUT2D eigenvalue weighted by atomic mass is 9.49. The Balaban J connectivity index is 1.56. The normalized spacial score (nSPS) is 38.4. The van der Waals surface area contributed by atoms with Gasteiger partial charge < -0.3 is 10.1 Å². The van der Waals surface area contributed by atoms with Gasteiger partial charge in [-0.25, -0.2) is 0 Å². The molecule has 0 spiro atoms. The number of hydrogen-bond acceptors (Lipinski definition) is 4. The highest BCUT2D eigenvalue weighted by Gasteiger charge is 2.60. The van der Waals surface area contributed by atoms with Crippen LogP contribution in [0.2, 0.25) is 0 Å². The van der Waals surface area contributed by atoms with Gasteiger partial charge in [-0.1, -0.05) is 0 Å². The van der Waals surface area contributed by atoms with Crippen LogP contribution in [0, 0.1) is 28.6 Å². The van der Waals surface area contributed by atoms with Gasteiger partial charge in [0, 0.05) is 11.4 Å². The van der Waals surface area contributed by atoms with E-state index in [1.807, 2.05) is 6.07 Å². The van der Waals surface area contributed by atoms with Crippen molar-refractivity contribution in [1.29, 1.82) is 5.26 Å². The molecule has 1 N–H and O–H groups in total. The Hall–Kier alpha value is -1.28. The van der Waals surface area contributed by atoms with Crippen LogP contribution >= 0.6 is 11.6 Å². The third-order valence-corrected chi connectivity index (χ3v) is 5.76. The van der Waals surface area contributed by atoms with E-state index in [-0.39, 0.29) is 36.3 Å². The number of esters is 1. The Kier molecular flexibility index (Phi) is 4.07. The van der Waals surface area contributed by atoms with Gasteiger partial charge in [-0.2, -0.15) is 5.26 Å². The van der Waals surface area contributed by atoms with Gasteiger partial charge in [0.25, 0.3) is 5.91 Å². The third kappa shape index (κ3) is 2.94. The molecule has 1 amide bonds. The molecule has 0 heterocycles. The summed E-state index contributed by atoms with van der Waals surface area (Å²) in [7, 11) is 0. The fourth-order valence-corrected chi connectivity index (χ4v) is 5.67. The molecule has 4 aliphatic rings. The van der Waals surface area contributed by atoms with E-state index in [2.05, 4.69) is 5.32 Å². The summed E-state index contributed by atoms with van der Waals surface area (Å²) in [6.07, 6.45) is 5.84. The summed E-state index contributed by atoms with van der Waals surface area (Å²) >= 11 is 6.69. The molecule has 22 heavy (non-hydrogen) atoms. The van der Waals surface area contributed by atoms with E-state index >= 15 is 0 Å². The van der Waals surface area contributed by atoms with Crippen molar-refractivity contribution in [3.8, 4) is 6.07 Å². The predicted octanol–water partition coefficient (Wildman–Crippen LogP) is 2.14. The third-order valence-electron chi connectivity index (χ3n) is 5.32. The molecule has 0 aromatic rings. The SMILES string of the molecule is N#CCCNC(=O)COC(=O)C12C[C@@H]3C[C@@H](CC(Cl)(C3)C1)C2. The topological polar surface area (TPSA) is 79.2 Å². The Morgan fingerprint density at radius 1 is 1.27 bits per heavy atom. The standard InChI is InChI=1S/C16H21ClN2O3/c17-16-7-11-4-12(8-16)6-15(5-11,10-16)14(21)22-9-13(20)19-3-1-2-18/h11-12H,1,3-10H2,(H,19,20)/t11-,12+,15?,16?. The number of rotatable bonds is 5. The smallest absolute Gasteiger partial charge is 0.312 e. The van der Waals surface area contributed by atoms with Crippen molar-refractivity contribution >= 4 is 23.5 Å².